The average molecular weight is 212 g/mol. The van der Waals surface area contributed by atoms with Crippen LogP contribution in [0.15, 0.2) is 49.6 Å². The number of rotatable bonds is 3. The quantitative estimate of drug-likeness (QED) is 0.572. The lowest BCUT2D eigenvalue weighted by atomic mass is 9.87. The molecule has 2 atom stereocenters. The third-order valence-corrected chi connectivity index (χ3v) is 3.80. The highest BCUT2D eigenvalue weighted by atomic mass is 32.2. The van der Waals surface area contributed by atoms with E-state index in [1.54, 1.807) is 18.2 Å². The molecule has 1 aliphatic rings. The Balaban J connectivity index is 3.37. The zero-order chi connectivity index (χ0) is 10.8. The van der Waals surface area contributed by atoms with Crippen LogP contribution in [-0.4, -0.2) is 17.7 Å². The second-order valence-corrected chi connectivity index (χ2v) is 4.70. The fourth-order valence-electron chi connectivity index (χ4n) is 1.48. The fraction of sp³-hybridized carbons (Fsp3) is 0.200. The predicted molar refractivity (Wildman–Crippen MR) is 56.4 cm³/mol. The molecule has 0 bridgehead atoms. The van der Waals surface area contributed by atoms with Crippen molar-refractivity contribution in [3.63, 3.8) is 0 Å². The second kappa shape index (κ2) is 3.55. The summed E-state index contributed by atoms with van der Waals surface area (Å²) in [7, 11) is -4.23. The highest BCUT2D eigenvalue weighted by Crippen LogP contribution is 2.33. The van der Waals surface area contributed by atoms with Gasteiger partial charge in [0.2, 0.25) is 0 Å². The highest BCUT2D eigenvalue weighted by molar-refractivity contribution is 7.87. The van der Waals surface area contributed by atoms with E-state index in [0.717, 1.165) is 0 Å². The van der Waals surface area contributed by atoms with Crippen molar-refractivity contribution in [3.8, 4) is 0 Å². The first-order valence-electron chi connectivity index (χ1n) is 4.07. The van der Waals surface area contributed by atoms with E-state index in [9.17, 15) is 8.42 Å². The van der Waals surface area contributed by atoms with Crippen molar-refractivity contribution < 1.29 is 13.0 Å². The Morgan fingerprint density at radius 1 is 1.36 bits per heavy atom. The van der Waals surface area contributed by atoms with E-state index in [-0.39, 0.29) is 0 Å². The fourth-order valence-corrected chi connectivity index (χ4v) is 2.46. The molecule has 0 saturated carbocycles. The molecule has 1 N–H and O–H groups in total. The molecule has 1 aliphatic carbocycles. The maximum atomic E-state index is 11.3. The van der Waals surface area contributed by atoms with Gasteiger partial charge < -0.3 is 0 Å². The van der Waals surface area contributed by atoms with Crippen molar-refractivity contribution in [2.24, 2.45) is 5.92 Å². The summed E-state index contributed by atoms with van der Waals surface area (Å²) in [6.07, 6.45) is 9.02. The van der Waals surface area contributed by atoms with E-state index < -0.39 is 20.8 Å². The molecule has 2 unspecified atom stereocenters. The van der Waals surface area contributed by atoms with Gasteiger partial charge in [-0.2, -0.15) is 8.42 Å². The maximum Gasteiger partial charge on any atom is 0.278 e. The van der Waals surface area contributed by atoms with Gasteiger partial charge in [0.25, 0.3) is 10.1 Å². The molecule has 0 aliphatic heterocycles. The van der Waals surface area contributed by atoms with Gasteiger partial charge in [0.1, 0.15) is 4.75 Å². The lowest BCUT2D eigenvalue weighted by Gasteiger charge is -2.30. The van der Waals surface area contributed by atoms with Gasteiger partial charge in [-0.25, -0.2) is 0 Å². The van der Waals surface area contributed by atoms with Crippen LogP contribution in [0, 0.1) is 5.92 Å². The Kier molecular flexibility index (Phi) is 2.78. The number of allylic oxidation sites excluding steroid dienone is 4. The second-order valence-electron chi connectivity index (χ2n) is 3.04. The van der Waals surface area contributed by atoms with Crippen molar-refractivity contribution in [1.82, 2.24) is 0 Å². The Morgan fingerprint density at radius 2 is 2.00 bits per heavy atom. The lowest BCUT2D eigenvalue weighted by Crippen LogP contribution is -2.41. The van der Waals surface area contributed by atoms with Crippen molar-refractivity contribution in [1.29, 1.82) is 0 Å². The minimum Gasteiger partial charge on any atom is -0.285 e. The SMILES string of the molecule is C=CC1C=CC=CC1(C=C)S(=O)(=O)O. The van der Waals surface area contributed by atoms with Gasteiger partial charge in [-0.05, 0) is 0 Å². The van der Waals surface area contributed by atoms with Crippen LogP contribution in [0.3, 0.4) is 0 Å². The van der Waals surface area contributed by atoms with Gasteiger partial charge in [0.05, 0.1) is 0 Å². The van der Waals surface area contributed by atoms with Gasteiger partial charge >= 0.3 is 0 Å². The highest BCUT2D eigenvalue weighted by Gasteiger charge is 2.43. The van der Waals surface area contributed by atoms with E-state index in [0.29, 0.717) is 0 Å². The molecule has 0 saturated heterocycles. The van der Waals surface area contributed by atoms with Gasteiger partial charge in [0.15, 0.2) is 0 Å². The van der Waals surface area contributed by atoms with Crippen molar-refractivity contribution in [2.45, 2.75) is 4.75 Å². The van der Waals surface area contributed by atoms with Crippen LogP contribution in [0.1, 0.15) is 0 Å². The zero-order valence-corrected chi connectivity index (χ0v) is 8.44. The van der Waals surface area contributed by atoms with Crippen LogP contribution in [0.4, 0.5) is 0 Å². The molecular formula is C10H12O3S. The summed E-state index contributed by atoms with van der Waals surface area (Å²) in [6.45, 7) is 6.98. The molecule has 1 rings (SSSR count). The molecule has 76 valence electrons. The lowest BCUT2D eigenvalue weighted by molar-refractivity contribution is 0.449. The molecule has 0 aromatic heterocycles. The summed E-state index contributed by atoms with van der Waals surface area (Å²) in [5.41, 5.74) is 0. The molecule has 0 amide bonds. The molecular weight excluding hydrogens is 200 g/mol. The molecule has 3 nitrogen and oxygen atoms in total. The van der Waals surface area contributed by atoms with Crippen molar-refractivity contribution in [3.05, 3.63) is 49.6 Å². The van der Waals surface area contributed by atoms with Crippen molar-refractivity contribution in [2.75, 3.05) is 0 Å². The standard InChI is InChI=1S/C10H12O3S/c1-3-9-7-5-6-8-10(9,4-2)14(11,12)13/h3-9H,1-2H2,(H,11,12,13). The first-order chi connectivity index (χ1) is 6.48. The summed E-state index contributed by atoms with van der Waals surface area (Å²) < 4.78 is 30.2. The monoisotopic (exact) mass is 212 g/mol. The smallest absolute Gasteiger partial charge is 0.278 e. The van der Waals surface area contributed by atoms with E-state index in [1.807, 2.05) is 0 Å². The molecule has 4 heteroatoms. The van der Waals surface area contributed by atoms with E-state index in [4.69, 9.17) is 4.55 Å². The Bertz CT molecular complexity index is 403. The van der Waals surface area contributed by atoms with Gasteiger partial charge in [0, 0.05) is 5.92 Å². The number of hydrogen-bond donors (Lipinski definition) is 1. The van der Waals surface area contributed by atoms with E-state index in [1.165, 1.54) is 18.2 Å². The van der Waals surface area contributed by atoms with Gasteiger partial charge in [-0.1, -0.05) is 36.5 Å². The molecule has 0 aromatic carbocycles. The van der Waals surface area contributed by atoms with Crippen LogP contribution in [0.2, 0.25) is 0 Å². The van der Waals surface area contributed by atoms with E-state index >= 15 is 0 Å². The van der Waals surface area contributed by atoms with Crippen LogP contribution in [-0.2, 0) is 10.1 Å². The Labute approximate surface area is 83.9 Å². The zero-order valence-electron chi connectivity index (χ0n) is 7.63. The maximum absolute atomic E-state index is 11.3. The predicted octanol–water partition coefficient (Wildman–Crippen LogP) is 1.73. The van der Waals surface area contributed by atoms with Crippen LogP contribution in [0.5, 0.6) is 0 Å². The molecule has 0 fully saturated rings. The van der Waals surface area contributed by atoms with E-state index in [2.05, 4.69) is 13.2 Å². The van der Waals surface area contributed by atoms with Crippen molar-refractivity contribution >= 4 is 10.1 Å². The topological polar surface area (TPSA) is 54.4 Å². The Hall–Kier alpha value is -1.13. The summed E-state index contributed by atoms with van der Waals surface area (Å²) in [5, 5.41) is 0. The first-order valence-corrected chi connectivity index (χ1v) is 5.51. The third-order valence-electron chi connectivity index (χ3n) is 2.33. The molecule has 0 aromatic rings. The molecule has 14 heavy (non-hydrogen) atoms. The summed E-state index contributed by atoms with van der Waals surface area (Å²) in [5.74, 6) is -0.486. The Morgan fingerprint density at radius 3 is 2.36 bits per heavy atom. The van der Waals surface area contributed by atoms with Gasteiger partial charge in [-0.15, -0.1) is 13.2 Å². The average Bonchev–Trinajstić information content (AvgIpc) is 2.15. The summed E-state index contributed by atoms with van der Waals surface area (Å²) >= 11 is 0. The van der Waals surface area contributed by atoms with Crippen LogP contribution < -0.4 is 0 Å². The first kappa shape index (κ1) is 10.9. The number of hydrogen-bond acceptors (Lipinski definition) is 2. The largest absolute Gasteiger partial charge is 0.285 e. The molecule has 0 spiro atoms. The summed E-state index contributed by atoms with van der Waals surface area (Å²) in [6, 6.07) is 0. The minimum absolute atomic E-state index is 0.486. The normalized spacial score (nSPS) is 31.4. The third kappa shape index (κ3) is 1.47. The molecule has 0 radical (unpaired) electrons. The summed E-state index contributed by atoms with van der Waals surface area (Å²) in [4.78, 5) is 0. The molecule has 0 heterocycles. The van der Waals surface area contributed by atoms with Crippen LogP contribution in [0.25, 0.3) is 0 Å². The van der Waals surface area contributed by atoms with Crippen LogP contribution >= 0.6 is 0 Å². The minimum atomic E-state index is -4.23. The van der Waals surface area contributed by atoms with Gasteiger partial charge in [-0.3, -0.25) is 4.55 Å².